The van der Waals surface area contributed by atoms with Gasteiger partial charge in [0.15, 0.2) is 0 Å². The van der Waals surface area contributed by atoms with E-state index in [0.717, 1.165) is 12.1 Å². The van der Waals surface area contributed by atoms with Crippen LogP contribution < -0.4 is 10.6 Å². The van der Waals surface area contributed by atoms with E-state index in [1.165, 1.54) is 24.5 Å². The molecule has 3 rings (SSSR count). The van der Waals surface area contributed by atoms with Gasteiger partial charge in [0.25, 0.3) is 0 Å². The summed E-state index contributed by atoms with van der Waals surface area (Å²) in [6.07, 6.45) is 1.29. The summed E-state index contributed by atoms with van der Waals surface area (Å²) in [5.74, 6) is -0.954. The smallest absolute Gasteiger partial charge is 0.149 e. The Hall–Kier alpha value is -3.09. The molecule has 116 valence electrons. The number of aromatic nitrogens is 2. The number of nitrogens with one attached hydrogen (secondary N) is 2. The SMILES string of the molecule is Fc1ccc(Nc2cc(Nc3ccc(F)cc3F)ncn2)cc1. The van der Waals surface area contributed by atoms with Crippen molar-refractivity contribution in [1.29, 1.82) is 0 Å². The second-order valence-electron chi connectivity index (χ2n) is 4.67. The van der Waals surface area contributed by atoms with Crippen LogP contribution in [0.15, 0.2) is 54.9 Å². The third kappa shape index (κ3) is 3.76. The van der Waals surface area contributed by atoms with Gasteiger partial charge in [-0.1, -0.05) is 0 Å². The Balaban J connectivity index is 1.78. The highest BCUT2D eigenvalue weighted by atomic mass is 19.1. The molecule has 1 aromatic heterocycles. The van der Waals surface area contributed by atoms with Crippen molar-refractivity contribution in [2.24, 2.45) is 0 Å². The minimum Gasteiger partial charge on any atom is -0.340 e. The lowest BCUT2D eigenvalue weighted by atomic mass is 10.3. The van der Waals surface area contributed by atoms with Crippen LogP contribution in [0.4, 0.5) is 36.2 Å². The van der Waals surface area contributed by atoms with Crippen LogP contribution in [0.2, 0.25) is 0 Å². The van der Waals surface area contributed by atoms with Crippen molar-refractivity contribution in [2.75, 3.05) is 10.6 Å². The summed E-state index contributed by atoms with van der Waals surface area (Å²) in [6.45, 7) is 0. The Kier molecular flexibility index (Phi) is 4.09. The molecule has 23 heavy (non-hydrogen) atoms. The van der Waals surface area contributed by atoms with E-state index in [1.807, 2.05) is 0 Å². The molecule has 0 aliphatic rings. The van der Waals surface area contributed by atoms with E-state index in [9.17, 15) is 13.2 Å². The molecule has 0 amide bonds. The normalized spacial score (nSPS) is 10.4. The first-order chi connectivity index (χ1) is 11.1. The summed E-state index contributed by atoms with van der Waals surface area (Å²) in [5, 5.41) is 5.71. The van der Waals surface area contributed by atoms with Crippen molar-refractivity contribution in [2.45, 2.75) is 0 Å². The molecule has 0 unspecified atom stereocenters. The molecule has 0 saturated carbocycles. The summed E-state index contributed by atoms with van der Waals surface area (Å²) in [6, 6.07) is 10.5. The van der Waals surface area contributed by atoms with Gasteiger partial charge in [-0.05, 0) is 36.4 Å². The predicted molar refractivity (Wildman–Crippen MR) is 81.4 cm³/mol. The third-order valence-electron chi connectivity index (χ3n) is 2.98. The lowest BCUT2D eigenvalue weighted by molar-refractivity contribution is 0.586. The van der Waals surface area contributed by atoms with Gasteiger partial charge in [-0.3, -0.25) is 0 Å². The molecule has 0 fully saturated rings. The molecule has 2 N–H and O–H groups in total. The fraction of sp³-hybridized carbons (Fsp3) is 0. The number of hydrogen-bond donors (Lipinski definition) is 2. The summed E-state index contributed by atoms with van der Waals surface area (Å²) < 4.78 is 39.4. The van der Waals surface area contributed by atoms with Gasteiger partial charge in [-0.25, -0.2) is 23.1 Å². The number of nitrogens with zero attached hydrogens (tertiary/aromatic N) is 2. The van der Waals surface area contributed by atoms with Crippen LogP contribution >= 0.6 is 0 Å². The van der Waals surface area contributed by atoms with E-state index < -0.39 is 11.6 Å². The van der Waals surface area contributed by atoms with Crippen LogP contribution in [0.3, 0.4) is 0 Å². The zero-order valence-corrected chi connectivity index (χ0v) is 11.7. The van der Waals surface area contributed by atoms with Gasteiger partial charge in [0.05, 0.1) is 5.69 Å². The van der Waals surface area contributed by atoms with Crippen LogP contribution in [0.1, 0.15) is 0 Å². The van der Waals surface area contributed by atoms with E-state index in [1.54, 1.807) is 18.2 Å². The van der Waals surface area contributed by atoms with Crippen LogP contribution in [-0.2, 0) is 0 Å². The molecule has 0 saturated heterocycles. The monoisotopic (exact) mass is 316 g/mol. The highest BCUT2D eigenvalue weighted by Gasteiger charge is 2.06. The van der Waals surface area contributed by atoms with Crippen molar-refractivity contribution < 1.29 is 13.2 Å². The Bertz CT molecular complexity index is 822. The van der Waals surface area contributed by atoms with Crippen LogP contribution in [-0.4, -0.2) is 9.97 Å². The third-order valence-corrected chi connectivity index (χ3v) is 2.98. The first-order valence-corrected chi connectivity index (χ1v) is 6.67. The van der Waals surface area contributed by atoms with Gasteiger partial charge < -0.3 is 10.6 Å². The first-order valence-electron chi connectivity index (χ1n) is 6.67. The fourth-order valence-electron chi connectivity index (χ4n) is 1.90. The Morgan fingerprint density at radius 1 is 0.696 bits per heavy atom. The highest BCUT2D eigenvalue weighted by Crippen LogP contribution is 2.21. The summed E-state index contributed by atoms with van der Waals surface area (Å²) >= 11 is 0. The molecule has 0 atom stereocenters. The van der Waals surface area contributed by atoms with E-state index >= 15 is 0 Å². The Morgan fingerprint density at radius 2 is 1.35 bits per heavy atom. The number of benzene rings is 2. The number of anilines is 4. The van der Waals surface area contributed by atoms with E-state index in [4.69, 9.17) is 0 Å². The minimum absolute atomic E-state index is 0.0952. The van der Waals surface area contributed by atoms with Crippen molar-refractivity contribution in [3.63, 3.8) is 0 Å². The maximum Gasteiger partial charge on any atom is 0.149 e. The maximum atomic E-state index is 13.6. The van der Waals surface area contributed by atoms with Gasteiger partial charge in [0.2, 0.25) is 0 Å². The second-order valence-corrected chi connectivity index (χ2v) is 4.67. The largest absolute Gasteiger partial charge is 0.340 e. The van der Waals surface area contributed by atoms with Gasteiger partial charge in [0, 0.05) is 17.8 Å². The van der Waals surface area contributed by atoms with Crippen molar-refractivity contribution in [1.82, 2.24) is 9.97 Å². The van der Waals surface area contributed by atoms with Crippen molar-refractivity contribution >= 4 is 23.0 Å². The molecule has 0 bridgehead atoms. The number of rotatable bonds is 4. The number of halogens is 3. The average Bonchev–Trinajstić information content (AvgIpc) is 2.53. The molecule has 0 aliphatic carbocycles. The van der Waals surface area contributed by atoms with Crippen LogP contribution in [0, 0.1) is 17.5 Å². The predicted octanol–water partition coefficient (Wildman–Crippen LogP) is 4.38. The molecule has 1 heterocycles. The standard InChI is InChI=1S/C16H11F3N4/c17-10-1-4-12(5-2-10)22-15-8-16(21-9-20-15)23-14-6-3-11(18)7-13(14)19/h1-9H,(H2,20,21,22,23). The minimum atomic E-state index is -0.725. The number of hydrogen-bond acceptors (Lipinski definition) is 4. The zero-order valence-electron chi connectivity index (χ0n) is 11.7. The van der Waals surface area contributed by atoms with E-state index in [2.05, 4.69) is 20.6 Å². The maximum absolute atomic E-state index is 13.6. The molecule has 4 nitrogen and oxygen atoms in total. The lowest BCUT2D eigenvalue weighted by Crippen LogP contribution is -2.00. The zero-order chi connectivity index (χ0) is 16.2. The first kappa shape index (κ1) is 14.8. The van der Waals surface area contributed by atoms with Gasteiger partial charge in [0.1, 0.15) is 35.4 Å². The molecule has 0 spiro atoms. The van der Waals surface area contributed by atoms with Gasteiger partial charge >= 0.3 is 0 Å². The van der Waals surface area contributed by atoms with Crippen LogP contribution in [0.25, 0.3) is 0 Å². The highest BCUT2D eigenvalue weighted by molar-refractivity contribution is 5.63. The quantitative estimate of drug-likeness (QED) is 0.750. The molecule has 2 aromatic carbocycles. The summed E-state index contributed by atoms with van der Waals surface area (Å²) in [4.78, 5) is 8.00. The van der Waals surface area contributed by atoms with Crippen LogP contribution in [0.5, 0.6) is 0 Å². The molecule has 0 radical (unpaired) electrons. The Labute approximate surface area is 130 Å². The molecule has 0 aliphatic heterocycles. The van der Waals surface area contributed by atoms with E-state index in [0.29, 0.717) is 17.3 Å². The van der Waals surface area contributed by atoms with Gasteiger partial charge in [-0.15, -0.1) is 0 Å². The molecular weight excluding hydrogens is 305 g/mol. The summed E-state index contributed by atoms with van der Waals surface area (Å²) in [7, 11) is 0. The summed E-state index contributed by atoms with van der Waals surface area (Å²) in [5.41, 5.74) is 0.738. The fourth-order valence-corrected chi connectivity index (χ4v) is 1.90. The lowest BCUT2D eigenvalue weighted by Gasteiger charge is -2.09. The van der Waals surface area contributed by atoms with E-state index in [-0.39, 0.29) is 11.5 Å². The van der Waals surface area contributed by atoms with Gasteiger partial charge in [-0.2, -0.15) is 0 Å². The molecule has 7 heteroatoms. The Morgan fingerprint density at radius 3 is 2.04 bits per heavy atom. The second kappa shape index (κ2) is 6.35. The topological polar surface area (TPSA) is 49.8 Å². The average molecular weight is 316 g/mol. The van der Waals surface area contributed by atoms with Crippen molar-refractivity contribution in [3.05, 3.63) is 72.3 Å². The van der Waals surface area contributed by atoms with Crippen molar-refractivity contribution in [3.8, 4) is 0 Å². The molecular formula is C16H11F3N4. The molecule has 3 aromatic rings.